The van der Waals surface area contributed by atoms with Gasteiger partial charge in [-0.2, -0.15) is 0 Å². The topological polar surface area (TPSA) is 205 Å². The molecule has 1 rings (SSSR count). The molecule has 16 heteroatoms. The molecule has 8 atom stereocenters. The van der Waals surface area contributed by atoms with Gasteiger partial charge in [-0.25, -0.2) is 0 Å². The van der Waals surface area contributed by atoms with E-state index in [1.165, 1.54) is 168 Å². The second kappa shape index (κ2) is 45.9. The molecule has 440 valence electrons. The van der Waals surface area contributed by atoms with Crippen LogP contribution in [-0.2, 0) is 71.5 Å². The van der Waals surface area contributed by atoms with Crippen molar-refractivity contribution in [3.63, 3.8) is 0 Å². The lowest BCUT2D eigenvalue weighted by atomic mass is 9.98. The van der Waals surface area contributed by atoms with Crippen LogP contribution in [0.2, 0.25) is 0 Å². The summed E-state index contributed by atoms with van der Waals surface area (Å²) in [6.45, 7) is 10.6. The van der Waals surface area contributed by atoms with Gasteiger partial charge in [0.1, 0.15) is 18.8 Å². The Hall–Kier alpha value is -4.05. The molecule has 1 N–H and O–H groups in total. The zero-order chi connectivity index (χ0) is 56.2. The first-order chi connectivity index (χ1) is 36.6. The van der Waals surface area contributed by atoms with Crippen LogP contribution in [0.25, 0.3) is 0 Å². The van der Waals surface area contributed by atoms with E-state index in [1.54, 1.807) is 6.08 Å². The molecule has 0 saturated carbocycles. The number of amides is 1. The van der Waals surface area contributed by atoms with Crippen molar-refractivity contribution in [1.29, 1.82) is 0 Å². The Labute approximate surface area is 458 Å². The first-order valence-corrected chi connectivity index (χ1v) is 29.8. The highest BCUT2D eigenvalue weighted by molar-refractivity contribution is 5.83. The summed E-state index contributed by atoms with van der Waals surface area (Å²) in [4.78, 5) is 88.6. The van der Waals surface area contributed by atoms with E-state index in [4.69, 9.17) is 37.9 Å². The lowest BCUT2D eigenvalue weighted by molar-refractivity contribution is -0.309. The summed E-state index contributed by atoms with van der Waals surface area (Å²) < 4.78 is 45.8. The molecule has 1 saturated heterocycles. The molecule has 1 heterocycles. The lowest BCUT2D eigenvalue weighted by Crippen LogP contribution is -2.63. The maximum Gasteiger partial charge on any atom is 0.303 e. The lowest BCUT2D eigenvalue weighted by Gasteiger charge is -2.44. The Morgan fingerprint density at radius 2 is 0.855 bits per heavy atom. The smallest absolute Gasteiger partial charge is 0.303 e. The van der Waals surface area contributed by atoms with Gasteiger partial charge < -0.3 is 43.2 Å². The van der Waals surface area contributed by atoms with Crippen LogP contribution in [0, 0.1) is 0 Å². The standard InChI is InChI=1S/C60H105NO15/c1-9-11-13-15-17-19-21-23-25-26-27-29-31-33-35-37-39-41-43-54(72-48(5)64)59(68)61-52(53(71-47(4)63)42-40-38-36-34-32-30-28-24-22-20-18-16-14-12-10-2)44-70-60-58(75-51(8)67)57(74-50(7)66)56(73-49(6)65)55(76-60)45-69-46(3)62/h40,42,52-58,60H,9-39,41,43-45H2,1-8H3,(H,61,68)/b42-40+/t52-,53?,54?,55+,56+,57-,58+,60+/m0/s1. The molecule has 0 aromatic heterocycles. The molecular weight excluding hydrogens is 975 g/mol. The van der Waals surface area contributed by atoms with E-state index in [-0.39, 0.29) is 6.42 Å². The van der Waals surface area contributed by atoms with Crippen molar-refractivity contribution in [2.75, 3.05) is 13.2 Å². The molecule has 2 unspecified atom stereocenters. The van der Waals surface area contributed by atoms with Crippen molar-refractivity contribution < 1.29 is 71.5 Å². The first-order valence-electron chi connectivity index (χ1n) is 29.8. The number of unbranched alkanes of at least 4 members (excludes halogenated alkanes) is 30. The Morgan fingerprint density at radius 3 is 1.26 bits per heavy atom. The van der Waals surface area contributed by atoms with Crippen LogP contribution in [0.15, 0.2) is 12.2 Å². The highest BCUT2D eigenvalue weighted by Crippen LogP contribution is 2.31. The number of carbonyl (C=O) groups is 7. The summed E-state index contributed by atoms with van der Waals surface area (Å²) in [6, 6.07) is -1.13. The van der Waals surface area contributed by atoms with Crippen LogP contribution in [-0.4, -0.2) is 104 Å². The fourth-order valence-electron chi connectivity index (χ4n) is 9.65. The molecule has 0 bridgehead atoms. The van der Waals surface area contributed by atoms with Gasteiger partial charge in [0.15, 0.2) is 30.7 Å². The maximum atomic E-state index is 14.2. The van der Waals surface area contributed by atoms with Crippen molar-refractivity contribution >= 4 is 41.7 Å². The van der Waals surface area contributed by atoms with E-state index in [2.05, 4.69) is 19.2 Å². The Kier molecular flexibility index (Phi) is 42.3. The van der Waals surface area contributed by atoms with E-state index in [9.17, 15) is 33.6 Å². The van der Waals surface area contributed by atoms with Gasteiger partial charge in [0, 0.05) is 41.5 Å². The fraction of sp³-hybridized carbons (Fsp3) is 0.850. The van der Waals surface area contributed by atoms with E-state index >= 15 is 0 Å². The van der Waals surface area contributed by atoms with Gasteiger partial charge >= 0.3 is 35.8 Å². The third-order valence-electron chi connectivity index (χ3n) is 13.6. The Bertz CT molecular complexity index is 1600. The SMILES string of the molecule is CCCCCCCCCCCCCCC/C=C/C(OC(C)=O)[C@H](CO[C@@H]1O[C@H](COC(C)=O)[C@@H](OC(C)=O)[C@H](OC(C)=O)[C@H]1OC(C)=O)NC(=O)C(CCCCCCCCCCCCCCCCCCCC)OC(C)=O. The molecule has 1 aliphatic rings. The zero-order valence-electron chi connectivity index (χ0n) is 48.6. The number of hydrogen-bond donors (Lipinski definition) is 1. The molecule has 16 nitrogen and oxygen atoms in total. The van der Waals surface area contributed by atoms with Crippen LogP contribution in [0.4, 0.5) is 0 Å². The average Bonchev–Trinajstić information content (AvgIpc) is 3.35. The number of allylic oxidation sites excluding steroid dienone is 1. The number of carbonyl (C=O) groups excluding carboxylic acids is 7. The summed E-state index contributed by atoms with van der Waals surface area (Å²) in [7, 11) is 0. The molecule has 0 aromatic carbocycles. The summed E-state index contributed by atoms with van der Waals surface area (Å²) >= 11 is 0. The van der Waals surface area contributed by atoms with Gasteiger partial charge in [0.05, 0.1) is 12.6 Å². The zero-order valence-corrected chi connectivity index (χ0v) is 48.6. The molecule has 1 aliphatic heterocycles. The van der Waals surface area contributed by atoms with E-state index in [1.807, 2.05) is 6.08 Å². The second-order valence-corrected chi connectivity index (χ2v) is 20.9. The summed E-state index contributed by atoms with van der Waals surface area (Å²) in [5.41, 5.74) is 0. The Balaban J connectivity index is 3.16. The van der Waals surface area contributed by atoms with Gasteiger partial charge in [-0.1, -0.05) is 206 Å². The molecule has 76 heavy (non-hydrogen) atoms. The van der Waals surface area contributed by atoms with Gasteiger partial charge in [0.2, 0.25) is 0 Å². The van der Waals surface area contributed by atoms with Gasteiger partial charge in [-0.15, -0.1) is 0 Å². The van der Waals surface area contributed by atoms with Crippen LogP contribution < -0.4 is 5.32 Å². The quantitative estimate of drug-likeness (QED) is 0.0260. The van der Waals surface area contributed by atoms with Crippen molar-refractivity contribution in [1.82, 2.24) is 5.32 Å². The van der Waals surface area contributed by atoms with Crippen molar-refractivity contribution in [2.24, 2.45) is 0 Å². The number of ether oxygens (including phenoxy) is 8. The third kappa shape index (κ3) is 36.9. The minimum Gasteiger partial charge on any atom is -0.463 e. The molecule has 0 spiro atoms. The Morgan fingerprint density at radius 1 is 0.461 bits per heavy atom. The van der Waals surface area contributed by atoms with Crippen molar-refractivity contribution in [2.45, 2.75) is 316 Å². The van der Waals surface area contributed by atoms with Crippen LogP contribution in [0.5, 0.6) is 0 Å². The van der Waals surface area contributed by atoms with E-state index in [0.717, 1.165) is 65.7 Å². The minimum atomic E-state index is -1.57. The fourth-order valence-corrected chi connectivity index (χ4v) is 9.65. The van der Waals surface area contributed by atoms with E-state index in [0.29, 0.717) is 12.8 Å². The average molecular weight is 1080 g/mol. The molecule has 0 aromatic rings. The maximum absolute atomic E-state index is 14.2. The van der Waals surface area contributed by atoms with Crippen LogP contribution in [0.1, 0.15) is 267 Å². The summed E-state index contributed by atoms with van der Waals surface area (Å²) in [5, 5.41) is 2.91. The molecule has 0 radical (unpaired) electrons. The van der Waals surface area contributed by atoms with E-state index < -0.39 is 104 Å². The van der Waals surface area contributed by atoms with Gasteiger partial charge in [-0.3, -0.25) is 33.6 Å². The third-order valence-corrected chi connectivity index (χ3v) is 13.6. The van der Waals surface area contributed by atoms with Gasteiger partial charge in [-0.05, 0) is 31.8 Å². The number of nitrogens with one attached hydrogen (secondary N) is 1. The monoisotopic (exact) mass is 1080 g/mol. The largest absolute Gasteiger partial charge is 0.463 e. The second-order valence-electron chi connectivity index (χ2n) is 20.9. The highest BCUT2D eigenvalue weighted by atomic mass is 16.7. The number of rotatable bonds is 47. The van der Waals surface area contributed by atoms with Gasteiger partial charge in [0.25, 0.3) is 5.91 Å². The van der Waals surface area contributed by atoms with Crippen LogP contribution in [0.3, 0.4) is 0 Å². The highest BCUT2D eigenvalue weighted by Gasteiger charge is 2.53. The minimum absolute atomic E-state index is 0.255. The molecule has 1 amide bonds. The molecular formula is C60H105NO15. The molecule has 0 aliphatic carbocycles. The number of esters is 6. The summed E-state index contributed by atoms with van der Waals surface area (Å²) in [6.07, 6.45) is 32.6. The van der Waals surface area contributed by atoms with Crippen LogP contribution >= 0.6 is 0 Å². The summed E-state index contributed by atoms with van der Waals surface area (Å²) in [5.74, 6) is -5.02. The van der Waals surface area contributed by atoms with Crippen molar-refractivity contribution in [3.8, 4) is 0 Å². The normalized spacial score (nSPS) is 18.6. The first kappa shape index (κ1) is 70.0. The predicted octanol–water partition coefficient (Wildman–Crippen LogP) is 12.9. The predicted molar refractivity (Wildman–Crippen MR) is 294 cm³/mol. The number of hydrogen-bond acceptors (Lipinski definition) is 15. The molecule has 1 fully saturated rings. The van der Waals surface area contributed by atoms with Crippen molar-refractivity contribution in [3.05, 3.63) is 12.2 Å².